The molecule has 19 heavy (non-hydrogen) atoms. The van der Waals surface area contributed by atoms with Crippen LogP contribution in [0.2, 0.25) is 0 Å². The molecule has 2 amide bonds. The third-order valence-electron chi connectivity index (χ3n) is 4.12. The molecule has 2 rings (SSSR count). The summed E-state index contributed by atoms with van der Waals surface area (Å²) in [4.78, 5) is 25.8. The molecule has 6 heteroatoms. The molecule has 0 saturated carbocycles. The highest BCUT2D eigenvalue weighted by Crippen LogP contribution is 2.26. The van der Waals surface area contributed by atoms with Gasteiger partial charge in [-0.15, -0.1) is 0 Å². The molecule has 3 N–H and O–H groups in total. The lowest BCUT2D eigenvalue weighted by atomic mass is 9.85. The smallest absolute Gasteiger partial charge is 0.229 e. The van der Waals surface area contributed by atoms with E-state index in [-0.39, 0.29) is 17.9 Å². The molecule has 2 fully saturated rings. The molecule has 0 bridgehead atoms. The number of ether oxygens (including phenoxy) is 1. The van der Waals surface area contributed by atoms with Crippen molar-refractivity contribution in [1.29, 1.82) is 0 Å². The van der Waals surface area contributed by atoms with E-state index in [1.165, 1.54) is 0 Å². The zero-order valence-corrected chi connectivity index (χ0v) is 11.5. The summed E-state index contributed by atoms with van der Waals surface area (Å²) in [5.74, 6) is 0.00152. The van der Waals surface area contributed by atoms with E-state index >= 15 is 0 Å². The monoisotopic (exact) mass is 269 g/mol. The molecule has 2 heterocycles. The summed E-state index contributed by atoms with van der Waals surface area (Å²) in [5.41, 5.74) is 5.21. The minimum Gasteiger partial charge on any atom is -0.379 e. The second-order valence-electron chi connectivity index (χ2n) is 5.63. The van der Waals surface area contributed by atoms with Crippen LogP contribution in [0.5, 0.6) is 0 Å². The van der Waals surface area contributed by atoms with Crippen LogP contribution < -0.4 is 11.1 Å². The predicted molar refractivity (Wildman–Crippen MR) is 70.3 cm³/mol. The van der Waals surface area contributed by atoms with Crippen LogP contribution in [-0.4, -0.2) is 55.6 Å². The SMILES string of the molecule is CC1(C(=O)NCCC(=O)N2CCCC2)COCC1N. The summed E-state index contributed by atoms with van der Waals surface area (Å²) in [6.07, 6.45) is 2.53. The Balaban J connectivity index is 1.73. The Labute approximate surface area is 113 Å². The van der Waals surface area contributed by atoms with Gasteiger partial charge < -0.3 is 20.7 Å². The van der Waals surface area contributed by atoms with E-state index in [0.29, 0.717) is 26.2 Å². The Hall–Kier alpha value is -1.14. The van der Waals surface area contributed by atoms with Crippen LogP contribution in [0.15, 0.2) is 0 Å². The summed E-state index contributed by atoms with van der Waals surface area (Å²) in [7, 11) is 0. The molecule has 0 aromatic carbocycles. The normalized spacial score (nSPS) is 30.6. The number of nitrogens with zero attached hydrogens (tertiary/aromatic N) is 1. The number of hydrogen-bond donors (Lipinski definition) is 2. The molecule has 0 radical (unpaired) electrons. The quantitative estimate of drug-likeness (QED) is 0.719. The number of amides is 2. The molecule has 0 spiro atoms. The first-order chi connectivity index (χ1) is 9.04. The minimum absolute atomic E-state index is 0.119. The number of nitrogens with one attached hydrogen (secondary N) is 1. The maximum absolute atomic E-state index is 12.1. The lowest BCUT2D eigenvalue weighted by molar-refractivity contribution is -0.131. The van der Waals surface area contributed by atoms with Crippen molar-refractivity contribution in [2.45, 2.75) is 32.2 Å². The molecule has 108 valence electrons. The summed E-state index contributed by atoms with van der Waals surface area (Å²) in [6.45, 7) is 4.64. The molecule has 2 atom stereocenters. The lowest BCUT2D eigenvalue weighted by Gasteiger charge is -2.25. The summed E-state index contributed by atoms with van der Waals surface area (Å²) >= 11 is 0. The number of rotatable bonds is 4. The highest BCUT2D eigenvalue weighted by molar-refractivity contribution is 5.84. The first-order valence-corrected chi connectivity index (χ1v) is 6.93. The molecule has 0 aliphatic carbocycles. The topological polar surface area (TPSA) is 84.7 Å². The fraction of sp³-hybridized carbons (Fsp3) is 0.846. The fourth-order valence-electron chi connectivity index (χ4n) is 2.53. The van der Waals surface area contributed by atoms with E-state index in [1.54, 1.807) is 0 Å². The second-order valence-corrected chi connectivity index (χ2v) is 5.63. The van der Waals surface area contributed by atoms with Crippen LogP contribution in [-0.2, 0) is 14.3 Å². The highest BCUT2D eigenvalue weighted by Gasteiger charge is 2.44. The molecule has 2 unspecified atom stereocenters. The van der Waals surface area contributed by atoms with Gasteiger partial charge in [-0.3, -0.25) is 9.59 Å². The zero-order chi connectivity index (χ0) is 13.9. The zero-order valence-electron chi connectivity index (χ0n) is 11.5. The van der Waals surface area contributed by atoms with Crippen molar-refractivity contribution in [2.24, 2.45) is 11.1 Å². The highest BCUT2D eigenvalue weighted by atomic mass is 16.5. The van der Waals surface area contributed by atoms with Gasteiger partial charge in [0.05, 0.1) is 18.6 Å². The average Bonchev–Trinajstić information content (AvgIpc) is 3.01. The van der Waals surface area contributed by atoms with Crippen LogP contribution >= 0.6 is 0 Å². The van der Waals surface area contributed by atoms with Gasteiger partial charge in [0.15, 0.2) is 0 Å². The number of carbonyl (C=O) groups excluding carboxylic acids is 2. The molecule has 0 aromatic heterocycles. The maximum atomic E-state index is 12.1. The Morgan fingerprint density at radius 1 is 1.42 bits per heavy atom. The van der Waals surface area contributed by atoms with Crippen molar-refractivity contribution in [1.82, 2.24) is 10.2 Å². The van der Waals surface area contributed by atoms with Crippen LogP contribution in [0.3, 0.4) is 0 Å². The van der Waals surface area contributed by atoms with Gasteiger partial charge in [-0.05, 0) is 19.8 Å². The molecule has 2 aliphatic rings. The van der Waals surface area contributed by atoms with E-state index in [2.05, 4.69) is 5.32 Å². The van der Waals surface area contributed by atoms with Crippen molar-refractivity contribution in [3.05, 3.63) is 0 Å². The first-order valence-electron chi connectivity index (χ1n) is 6.93. The van der Waals surface area contributed by atoms with Gasteiger partial charge in [-0.2, -0.15) is 0 Å². The van der Waals surface area contributed by atoms with E-state index in [1.807, 2.05) is 11.8 Å². The molecule has 0 aromatic rings. The number of carbonyl (C=O) groups is 2. The van der Waals surface area contributed by atoms with Gasteiger partial charge in [-0.25, -0.2) is 0 Å². The molecule has 2 saturated heterocycles. The largest absolute Gasteiger partial charge is 0.379 e. The summed E-state index contributed by atoms with van der Waals surface area (Å²) in [5, 5.41) is 2.80. The van der Waals surface area contributed by atoms with Gasteiger partial charge in [0.2, 0.25) is 11.8 Å². The first kappa shape index (κ1) is 14.3. The van der Waals surface area contributed by atoms with Gasteiger partial charge in [0.1, 0.15) is 0 Å². The number of hydrogen-bond acceptors (Lipinski definition) is 4. The van der Waals surface area contributed by atoms with Crippen molar-refractivity contribution in [3.8, 4) is 0 Å². The van der Waals surface area contributed by atoms with Crippen molar-refractivity contribution in [3.63, 3.8) is 0 Å². The van der Waals surface area contributed by atoms with E-state index in [9.17, 15) is 9.59 Å². The fourth-order valence-corrected chi connectivity index (χ4v) is 2.53. The maximum Gasteiger partial charge on any atom is 0.229 e. The average molecular weight is 269 g/mol. The Morgan fingerprint density at radius 3 is 2.68 bits per heavy atom. The molecular weight excluding hydrogens is 246 g/mol. The summed E-state index contributed by atoms with van der Waals surface area (Å²) < 4.78 is 5.24. The minimum atomic E-state index is -0.670. The van der Waals surface area contributed by atoms with Crippen molar-refractivity contribution >= 4 is 11.8 Å². The molecular formula is C13H23N3O3. The van der Waals surface area contributed by atoms with Crippen molar-refractivity contribution in [2.75, 3.05) is 32.8 Å². The second kappa shape index (κ2) is 5.88. The van der Waals surface area contributed by atoms with Crippen LogP contribution in [0.25, 0.3) is 0 Å². The standard InChI is InChI=1S/C13H23N3O3/c1-13(9-19-8-10(13)14)12(18)15-5-4-11(17)16-6-2-3-7-16/h10H,2-9,14H2,1H3,(H,15,18). The number of nitrogens with two attached hydrogens (primary N) is 1. The Bertz CT molecular complexity index is 355. The Kier molecular flexibility index (Phi) is 4.42. The van der Waals surface area contributed by atoms with E-state index in [4.69, 9.17) is 10.5 Å². The van der Waals surface area contributed by atoms with Crippen LogP contribution in [0.4, 0.5) is 0 Å². The van der Waals surface area contributed by atoms with E-state index < -0.39 is 5.41 Å². The third-order valence-corrected chi connectivity index (χ3v) is 4.12. The van der Waals surface area contributed by atoms with Gasteiger partial charge in [0, 0.05) is 32.1 Å². The van der Waals surface area contributed by atoms with Gasteiger partial charge >= 0.3 is 0 Å². The molecule has 2 aliphatic heterocycles. The number of likely N-dealkylation sites (tertiary alicyclic amines) is 1. The third kappa shape index (κ3) is 3.06. The lowest BCUT2D eigenvalue weighted by Crippen LogP contribution is -2.50. The predicted octanol–water partition coefficient (Wildman–Crippen LogP) is -0.521. The van der Waals surface area contributed by atoms with Gasteiger partial charge in [0.25, 0.3) is 0 Å². The van der Waals surface area contributed by atoms with Crippen LogP contribution in [0, 0.1) is 5.41 Å². The van der Waals surface area contributed by atoms with E-state index in [0.717, 1.165) is 25.9 Å². The molecule has 6 nitrogen and oxygen atoms in total. The van der Waals surface area contributed by atoms with Crippen LogP contribution in [0.1, 0.15) is 26.2 Å². The summed E-state index contributed by atoms with van der Waals surface area (Å²) in [6, 6.07) is -0.276. The Morgan fingerprint density at radius 2 is 2.11 bits per heavy atom. The van der Waals surface area contributed by atoms with Crippen molar-refractivity contribution < 1.29 is 14.3 Å². The van der Waals surface area contributed by atoms with Gasteiger partial charge in [-0.1, -0.05) is 0 Å².